The van der Waals surface area contributed by atoms with Crippen LogP contribution in [-0.2, 0) is 0 Å². The molecule has 4 aromatic rings. The van der Waals surface area contributed by atoms with Gasteiger partial charge in [-0.2, -0.15) is 0 Å². The Kier molecular flexibility index (Phi) is 4.29. The number of hydrogen-bond acceptors (Lipinski definition) is 7. The van der Waals surface area contributed by atoms with Crippen LogP contribution in [-0.4, -0.2) is 35.7 Å². The van der Waals surface area contributed by atoms with Crippen LogP contribution in [0.3, 0.4) is 0 Å². The molecule has 0 spiro atoms. The van der Waals surface area contributed by atoms with Crippen LogP contribution in [0, 0.1) is 0 Å². The summed E-state index contributed by atoms with van der Waals surface area (Å²) in [5.74, 6) is 2.94. The van der Waals surface area contributed by atoms with Crippen LogP contribution in [0.25, 0.3) is 17.1 Å². The Balaban J connectivity index is 1.76. The second-order valence-corrected chi connectivity index (χ2v) is 5.63. The zero-order valence-electron chi connectivity index (χ0n) is 15.1. The van der Waals surface area contributed by atoms with Crippen LogP contribution in [0.4, 0.5) is 11.5 Å². The summed E-state index contributed by atoms with van der Waals surface area (Å²) < 4.78 is 23.5. The Morgan fingerprint density at radius 3 is 2.44 bits per heavy atom. The Bertz CT molecular complexity index is 1050. The Morgan fingerprint density at radius 2 is 1.81 bits per heavy atom. The first-order chi connectivity index (χ1) is 13.2. The number of hydrogen-bond donors (Lipinski definition) is 1. The minimum Gasteiger partial charge on any atom is -0.493 e. The highest BCUT2D eigenvalue weighted by molar-refractivity contribution is 5.75. The smallest absolute Gasteiger partial charge is 0.203 e. The van der Waals surface area contributed by atoms with Gasteiger partial charge in [0.25, 0.3) is 0 Å². The maximum Gasteiger partial charge on any atom is 0.203 e. The number of ether oxygens (including phenoxy) is 3. The molecule has 0 fully saturated rings. The fraction of sp³-hybridized carbons (Fsp3) is 0.158. The average molecular weight is 366 g/mol. The summed E-state index contributed by atoms with van der Waals surface area (Å²) >= 11 is 0. The number of anilines is 2. The van der Waals surface area contributed by atoms with Crippen molar-refractivity contribution in [3.05, 3.63) is 49.1 Å². The third-order valence-corrected chi connectivity index (χ3v) is 4.13. The van der Waals surface area contributed by atoms with E-state index in [0.717, 1.165) is 17.1 Å². The lowest BCUT2D eigenvalue weighted by Crippen LogP contribution is -2.01. The summed E-state index contributed by atoms with van der Waals surface area (Å²) in [6.45, 7) is 0. The summed E-state index contributed by atoms with van der Waals surface area (Å²) in [5, 5.41) is 3.27. The molecule has 4 rings (SSSR count). The molecule has 0 aliphatic rings. The van der Waals surface area contributed by atoms with Crippen LogP contribution >= 0.6 is 0 Å². The minimum atomic E-state index is 0.526. The molecule has 0 aliphatic heterocycles. The van der Waals surface area contributed by atoms with Gasteiger partial charge >= 0.3 is 0 Å². The molecule has 3 aromatic heterocycles. The molecule has 27 heavy (non-hydrogen) atoms. The number of fused-ring (bicyclic) bond motifs is 1. The number of nitrogens with one attached hydrogen (secondary N) is 1. The van der Waals surface area contributed by atoms with Gasteiger partial charge in [0.05, 0.1) is 33.8 Å². The molecule has 0 aliphatic carbocycles. The minimum absolute atomic E-state index is 0.526. The van der Waals surface area contributed by atoms with Gasteiger partial charge in [0.15, 0.2) is 28.7 Å². The van der Waals surface area contributed by atoms with Crippen LogP contribution in [0.2, 0.25) is 0 Å². The topological polar surface area (TPSA) is 83.1 Å². The van der Waals surface area contributed by atoms with E-state index >= 15 is 0 Å². The number of nitrogens with zero attached hydrogens (tertiary/aromatic N) is 3. The number of aromatic nitrogens is 3. The van der Waals surface area contributed by atoms with Crippen molar-refractivity contribution in [3.8, 4) is 28.7 Å². The highest BCUT2D eigenvalue weighted by Gasteiger charge is 2.16. The molecule has 0 saturated heterocycles. The summed E-state index contributed by atoms with van der Waals surface area (Å²) in [7, 11) is 4.71. The average Bonchev–Trinajstić information content (AvgIpc) is 3.37. The van der Waals surface area contributed by atoms with Crippen molar-refractivity contribution in [1.29, 1.82) is 0 Å². The third kappa shape index (κ3) is 2.91. The third-order valence-electron chi connectivity index (χ3n) is 4.13. The Morgan fingerprint density at radius 1 is 1.04 bits per heavy atom. The zero-order valence-corrected chi connectivity index (χ0v) is 15.1. The molecule has 1 N–H and O–H groups in total. The molecule has 0 amide bonds. The van der Waals surface area contributed by atoms with Gasteiger partial charge in [-0.05, 0) is 12.1 Å². The molecule has 0 saturated carbocycles. The standard InChI is InChI=1S/C19H18N4O4/c1-24-15-9-12(10-16(25-2)17(15)26-3)22-18-19-21-11-13(14-5-4-8-27-14)23(19)7-6-20-18/h4-11H,1-3H3,(H,20,22). The van der Waals surface area contributed by atoms with E-state index in [-0.39, 0.29) is 0 Å². The van der Waals surface area contributed by atoms with Gasteiger partial charge in [-0.15, -0.1) is 0 Å². The van der Waals surface area contributed by atoms with E-state index in [1.54, 1.807) is 40.0 Å². The maximum absolute atomic E-state index is 5.48. The summed E-state index contributed by atoms with van der Waals surface area (Å²) in [4.78, 5) is 8.89. The van der Waals surface area contributed by atoms with Gasteiger partial charge in [-0.1, -0.05) is 0 Å². The molecule has 8 nitrogen and oxygen atoms in total. The van der Waals surface area contributed by atoms with E-state index in [1.165, 1.54) is 0 Å². The molecule has 0 bridgehead atoms. The van der Waals surface area contributed by atoms with Crippen molar-refractivity contribution in [1.82, 2.24) is 14.4 Å². The van der Waals surface area contributed by atoms with Crippen molar-refractivity contribution in [2.45, 2.75) is 0 Å². The first-order valence-electron chi connectivity index (χ1n) is 8.18. The fourth-order valence-electron chi connectivity index (χ4n) is 2.90. The molecule has 0 radical (unpaired) electrons. The predicted octanol–water partition coefficient (Wildman–Crippen LogP) is 3.76. The SMILES string of the molecule is COc1cc(Nc2nccn3c(-c4ccco4)cnc23)cc(OC)c1OC. The number of benzene rings is 1. The predicted molar refractivity (Wildman–Crippen MR) is 100 cm³/mol. The molecule has 8 heteroatoms. The van der Waals surface area contributed by atoms with Gasteiger partial charge in [0, 0.05) is 30.2 Å². The first-order valence-corrected chi connectivity index (χ1v) is 8.18. The second kappa shape index (κ2) is 6.91. The molecule has 0 unspecified atom stereocenters. The van der Waals surface area contributed by atoms with Crippen LogP contribution < -0.4 is 19.5 Å². The van der Waals surface area contributed by atoms with Gasteiger partial charge < -0.3 is 23.9 Å². The van der Waals surface area contributed by atoms with E-state index in [0.29, 0.717) is 28.7 Å². The van der Waals surface area contributed by atoms with Crippen LogP contribution in [0.5, 0.6) is 17.2 Å². The fourth-order valence-corrected chi connectivity index (χ4v) is 2.90. The van der Waals surface area contributed by atoms with Gasteiger partial charge in [-0.25, -0.2) is 9.97 Å². The lowest BCUT2D eigenvalue weighted by atomic mass is 10.2. The van der Waals surface area contributed by atoms with E-state index < -0.39 is 0 Å². The summed E-state index contributed by atoms with van der Waals surface area (Å²) in [6, 6.07) is 7.34. The van der Waals surface area contributed by atoms with Gasteiger partial charge in [-0.3, -0.25) is 4.40 Å². The quantitative estimate of drug-likeness (QED) is 0.556. The molecule has 0 atom stereocenters. The number of methoxy groups -OCH3 is 3. The molecular weight excluding hydrogens is 348 g/mol. The van der Waals surface area contributed by atoms with Crippen LogP contribution in [0.15, 0.2) is 53.5 Å². The zero-order chi connectivity index (χ0) is 18.8. The van der Waals surface area contributed by atoms with E-state index in [4.69, 9.17) is 18.6 Å². The normalized spacial score (nSPS) is 10.8. The highest BCUT2D eigenvalue weighted by Crippen LogP contribution is 2.40. The van der Waals surface area contributed by atoms with E-state index in [9.17, 15) is 0 Å². The van der Waals surface area contributed by atoms with Crippen molar-refractivity contribution in [2.24, 2.45) is 0 Å². The van der Waals surface area contributed by atoms with E-state index in [2.05, 4.69) is 15.3 Å². The maximum atomic E-state index is 5.48. The van der Waals surface area contributed by atoms with Gasteiger partial charge in [0.1, 0.15) is 5.69 Å². The number of imidazole rings is 1. The summed E-state index contributed by atoms with van der Waals surface area (Å²) in [5.41, 5.74) is 2.23. The number of furan rings is 1. The van der Waals surface area contributed by atoms with Crippen molar-refractivity contribution in [2.75, 3.05) is 26.6 Å². The van der Waals surface area contributed by atoms with Crippen molar-refractivity contribution in [3.63, 3.8) is 0 Å². The Labute approximate surface area is 155 Å². The summed E-state index contributed by atoms with van der Waals surface area (Å²) in [6.07, 6.45) is 6.91. The van der Waals surface area contributed by atoms with Gasteiger partial charge in [0.2, 0.25) is 5.75 Å². The lowest BCUT2D eigenvalue weighted by molar-refractivity contribution is 0.324. The first kappa shape index (κ1) is 16.8. The van der Waals surface area contributed by atoms with E-state index in [1.807, 2.05) is 34.9 Å². The molecule has 138 valence electrons. The molecule has 1 aromatic carbocycles. The Hall–Kier alpha value is -3.68. The van der Waals surface area contributed by atoms with Crippen molar-refractivity contribution < 1.29 is 18.6 Å². The molecule has 3 heterocycles. The second-order valence-electron chi connectivity index (χ2n) is 5.63. The number of rotatable bonds is 6. The largest absolute Gasteiger partial charge is 0.493 e. The monoisotopic (exact) mass is 366 g/mol. The molecular formula is C19H18N4O4. The van der Waals surface area contributed by atoms with Crippen molar-refractivity contribution >= 4 is 17.2 Å². The lowest BCUT2D eigenvalue weighted by Gasteiger charge is -2.15. The van der Waals surface area contributed by atoms with Crippen LogP contribution in [0.1, 0.15) is 0 Å². The highest BCUT2D eigenvalue weighted by atomic mass is 16.5.